The van der Waals surface area contributed by atoms with Crippen molar-refractivity contribution in [2.24, 2.45) is 5.73 Å². The first-order valence-corrected chi connectivity index (χ1v) is 6.74. The molecule has 3 atom stereocenters. The fraction of sp³-hybridized carbons (Fsp3) is 0.417. The van der Waals surface area contributed by atoms with E-state index in [-0.39, 0.29) is 32.7 Å². The number of carbonyl (C=O) groups is 3. The number of hydrogen-bond acceptors (Lipinski definition) is 7. The first kappa shape index (κ1) is 18.9. The van der Waals surface area contributed by atoms with Gasteiger partial charge in [-0.1, -0.05) is 6.08 Å². The number of primary amides is 1. The van der Waals surface area contributed by atoms with Crippen molar-refractivity contribution in [3.8, 4) is 0 Å². The third kappa shape index (κ3) is 3.23. The number of urea groups is 1. The summed E-state index contributed by atoms with van der Waals surface area (Å²) in [4.78, 5) is 39.8. The van der Waals surface area contributed by atoms with E-state index in [9.17, 15) is 18.8 Å². The van der Waals surface area contributed by atoms with Crippen LogP contribution in [0.1, 0.15) is 31.0 Å². The molecule has 0 spiro atoms. The fourth-order valence-corrected chi connectivity index (χ4v) is 2.64. The molecule has 0 radical (unpaired) electrons. The van der Waals surface area contributed by atoms with Crippen LogP contribution in [-0.2, 0) is 9.63 Å². The van der Waals surface area contributed by atoms with Crippen LogP contribution >= 0.6 is 0 Å². The van der Waals surface area contributed by atoms with E-state index >= 15 is 0 Å². The molecule has 2 aliphatic rings. The Morgan fingerprint density at radius 1 is 1.56 bits per heavy atom. The Morgan fingerprint density at radius 3 is 2.80 bits per heavy atom. The van der Waals surface area contributed by atoms with Crippen molar-refractivity contribution in [2.45, 2.75) is 25.4 Å². The molecule has 1 aromatic heterocycles. The first-order valence-electron chi connectivity index (χ1n) is 6.74. The van der Waals surface area contributed by atoms with Crippen LogP contribution in [0.15, 0.2) is 16.1 Å². The molecule has 1 aromatic rings. The maximum atomic E-state index is 13.3. The van der Waals surface area contributed by atoms with Gasteiger partial charge >= 0.3 is 49.0 Å². The number of nitrogens with zero attached hydrogens (tertiary/aromatic N) is 4. The molecule has 25 heavy (non-hydrogen) atoms. The summed E-state index contributed by atoms with van der Waals surface area (Å²) >= 11 is 0. The van der Waals surface area contributed by atoms with Gasteiger partial charge in [-0.2, -0.15) is 5.06 Å². The standard InChI is InChI=1S/C12H12FN5O6.Li.H/c1-4-2-5-3-17(12(22)18(5)24-7(13)11(20)21)6(4)9-15-16-10(23-9)8(14)19;;/h2,5-7H,3H2,1H3,(H2,14,19)(H,20,21);;/q;+1;-1/t5-,6+,7?;;/m1../s1. The van der Waals surface area contributed by atoms with Crippen molar-refractivity contribution in [1.29, 1.82) is 0 Å². The molecule has 0 aromatic carbocycles. The number of rotatable bonds is 5. The zero-order valence-corrected chi connectivity index (χ0v) is 13.2. The van der Waals surface area contributed by atoms with Crippen LogP contribution in [0.25, 0.3) is 0 Å². The second-order valence-electron chi connectivity index (χ2n) is 5.21. The maximum Gasteiger partial charge on any atom is 1.00 e. The van der Waals surface area contributed by atoms with Gasteiger partial charge in [-0.05, 0) is 12.5 Å². The smallest absolute Gasteiger partial charge is 1.00 e. The minimum Gasteiger partial charge on any atom is -1.00 e. The third-order valence-electron chi connectivity index (χ3n) is 3.60. The van der Waals surface area contributed by atoms with E-state index in [0.29, 0.717) is 10.6 Å². The van der Waals surface area contributed by atoms with Crippen molar-refractivity contribution < 1.29 is 53.4 Å². The van der Waals surface area contributed by atoms with Gasteiger partial charge < -0.3 is 21.6 Å². The van der Waals surface area contributed by atoms with Crippen molar-refractivity contribution in [3.63, 3.8) is 0 Å². The third-order valence-corrected chi connectivity index (χ3v) is 3.60. The Balaban J connectivity index is 0.00000169. The molecule has 2 aliphatic heterocycles. The van der Waals surface area contributed by atoms with Crippen LogP contribution in [0.4, 0.5) is 9.18 Å². The fourth-order valence-electron chi connectivity index (χ4n) is 2.64. The maximum absolute atomic E-state index is 13.3. The van der Waals surface area contributed by atoms with Gasteiger partial charge in [-0.3, -0.25) is 4.79 Å². The molecular formula is C12H13FLiN5O6. The molecule has 13 heteroatoms. The SMILES string of the molecule is CC1=C[C@@H]2CN(C(=O)N2OC(F)C(=O)O)[C@@H]1c1nnc(C(N)=O)o1.[H-].[Li+]. The Morgan fingerprint density at radius 2 is 2.24 bits per heavy atom. The number of carboxylic acids is 1. The summed E-state index contributed by atoms with van der Waals surface area (Å²) in [5.74, 6) is -3.21. The van der Waals surface area contributed by atoms with Crippen molar-refractivity contribution in [1.82, 2.24) is 20.2 Å². The Hall–Kier alpha value is -2.42. The van der Waals surface area contributed by atoms with Crippen LogP contribution in [0.2, 0.25) is 0 Å². The molecule has 3 amide bonds. The number of carboxylic acid groups (broad SMARTS) is 1. The summed E-state index contributed by atoms with van der Waals surface area (Å²) in [6.45, 7) is 1.76. The first-order chi connectivity index (χ1) is 11.3. The van der Waals surface area contributed by atoms with Crippen LogP contribution in [-0.4, -0.2) is 62.1 Å². The van der Waals surface area contributed by atoms with Crippen LogP contribution < -0.4 is 24.6 Å². The average molecular weight is 349 g/mol. The van der Waals surface area contributed by atoms with E-state index < -0.39 is 42.2 Å². The normalized spacial score (nSPS) is 23.1. The summed E-state index contributed by atoms with van der Waals surface area (Å²) in [7, 11) is 0. The topological polar surface area (TPSA) is 152 Å². The van der Waals surface area contributed by atoms with Gasteiger partial charge in [0.1, 0.15) is 6.04 Å². The van der Waals surface area contributed by atoms with E-state index in [0.717, 1.165) is 0 Å². The molecule has 1 fully saturated rings. The molecule has 3 heterocycles. The molecule has 1 unspecified atom stereocenters. The predicted molar refractivity (Wildman–Crippen MR) is 71.8 cm³/mol. The summed E-state index contributed by atoms with van der Waals surface area (Å²) in [6.07, 6.45) is -1.08. The van der Waals surface area contributed by atoms with E-state index in [4.69, 9.17) is 15.3 Å². The Bertz CT molecular complexity index is 760. The molecule has 3 N–H and O–H groups in total. The van der Waals surface area contributed by atoms with Crippen LogP contribution in [0.5, 0.6) is 0 Å². The number of nitrogens with two attached hydrogens (primary N) is 1. The molecule has 130 valence electrons. The number of halogens is 1. The number of carbonyl (C=O) groups excluding carboxylic acids is 2. The molecular weight excluding hydrogens is 336 g/mol. The molecule has 11 nitrogen and oxygen atoms in total. The van der Waals surface area contributed by atoms with Gasteiger partial charge in [-0.15, -0.1) is 10.2 Å². The Labute approximate surface area is 153 Å². The van der Waals surface area contributed by atoms with Crippen LogP contribution in [0.3, 0.4) is 0 Å². The molecule has 2 bridgehead atoms. The zero-order valence-electron chi connectivity index (χ0n) is 14.2. The Kier molecular flexibility index (Phi) is 5.17. The predicted octanol–water partition coefficient (Wildman–Crippen LogP) is -3.30. The molecule has 1 saturated heterocycles. The second kappa shape index (κ2) is 6.83. The summed E-state index contributed by atoms with van der Waals surface area (Å²) < 4.78 is 18.4. The number of alkyl halides is 1. The second-order valence-corrected chi connectivity index (χ2v) is 5.21. The largest absolute Gasteiger partial charge is 1.00 e. The van der Waals surface area contributed by atoms with Crippen molar-refractivity contribution in [3.05, 3.63) is 23.4 Å². The van der Waals surface area contributed by atoms with E-state index in [1.165, 1.54) is 4.90 Å². The van der Waals surface area contributed by atoms with E-state index in [1.54, 1.807) is 13.0 Å². The minimum atomic E-state index is -2.67. The van der Waals surface area contributed by atoms with Crippen molar-refractivity contribution >= 4 is 17.9 Å². The summed E-state index contributed by atoms with van der Waals surface area (Å²) in [5, 5.41) is 16.4. The van der Waals surface area contributed by atoms with Gasteiger partial charge in [-0.25, -0.2) is 18.8 Å². The number of hydroxylamine groups is 2. The molecule has 3 rings (SSSR count). The van der Waals surface area contributed by atoms with E-state index in [2.05, 4.69) is 15.0 Å². The zero-order chi connectivity index (χ0) is 17.6. The monoisotopic (exact) mass is 349 g/mol. The summed E-state index contributed by atoms with van der Waals surface area (Å²) in [5.41, 5.74) is 5.65. The van der Waals surface area contributed by atoms with E-state index in [1.807, 2.05) is 0 Å². The average Bonchev–Trinajstić information content (AvgIpc) is 3.08. The number of amides is 3. The van der Waals surface area contributed by atoms with Gasteiger partial charge in [0.05, 0.1) is 12.6 Å². The molecule has 0 aliphatic carbocycles. The number of hydrogen-bond donors (Lipinski definition) is 2. The van der Waals surface area contributed by atoms with Gasteiger partial charge in [0.2, 0.25) is 5.89 Å². The summed E-state index contributed by atoms with van der Waals surface area (Å²) in [6, 6.07) is -2.21. The number of aromatic nitrogens is 2. The van der Waals surface area contributed by atoms with Crippen molar-refractivity contribution in [2.75, 3.05) is 6.54 Å². The quantitative estimate of drug-likeness (QED) is 0.414. The van der Waals surface area contributed by atoms with Crippen LogP contribution in [0, 0.1) is 0 Å². The number of aliphatic carboxylic acids is 1. The van der Waals surface area contributed by atoms with Gasteiger partial charge in [0.15, 0.2) is 0 Å². The van der Waals surface area contributed by atoms with Gasteiger partial charge in [0.25, 0.3) is 0 Å². The minimum absolute atomic E-state index is 0. The van der Waals surface area contributed by atoms with Gasteiger partial charge in [0, 0.05) is 0 Å². The molecule has 0 saturated carbocycles. The number of fused-ring (bicyclic) bond motifs is 2.